The van der Waals surface area contributed by atoms with E-state index in [0.29, 0.717) is 34.8 Å². The molecule has 2 aliphatic heterocycles. The fraction of sp³-hybridized carbons (Fsp3) is 0.667. The highest BCUT2D eigenvalue weighted by molar-refractivity contribution is 6.73. The summed E-state index contributed by atoms with van der Waals surface area (Å²) in [5, 5.41) is 0.566. The quantitative estimate of drug-likeness (QED) is 0.361. The van der Waals surface area contributed by atoms with E-state index >= 15 is 0 Å². The average molecular weight is 315 g/mol. The smallest absolute Gasteiger partial charge is 0.145 e. The van der Waals surface area contributed by atoms with E-state index in [1.807, 2.05) is 0 Å². The maximum atomic E-state index is 7.11. The first-order chi connectivity index (χ1) is 9.07. The Hall–Kier alpha value is 0.0200. The highest BCUT2D eigenvalue weighted by Crippen LogP contribution is 2.72. The SMILES string of the molecule is ClC1=NC2(Cl)C3C=CCC3C1(Cl)C1C3C=CC(C3)C12. The van der Waals surface area contributed by atoms with Gasteiger partial charge in [0, 0.05) is 11.8 Å². The number of halogens is 3. The molecule has 8 unspecified atom stereocenters. The Morgan fingerprint density at radius 1 is 1.11 bits per heavy atom. The minimum Gasteiger partial charge on any atom is -0.252 e. The predicted molar refractivity (Wildman–Crippen MR) is 78.9 cm³/mol. The number of hydrogen-bond donors (Lipinski definition) is 0. The molecule has 0 spiro atoms. The van der Waals surface area contributed by atoms with Crippen molar-refractivity contribution in [3.63, 3.8) is 0 Å². The molecule has 0 aromatic rings. The van der Waals surface area contributed by atoms with Crippen LogP contribution in [0, 0.1) is 35.5 Å². The molecule has 0 saturated heterocycles. The molecule has 1 nitrogen and oxygen atoms in total. The summed E-state index contributed by atoms with van der Waals surface area (Å²) in [4.78, 5) is 3.65. The topological polar surface area (TPSA) is 12.4 Å². The van der Waals surface area contributed by atoms with Gasteiger partial charge in [-0.2, -0.15) is 0 Å². The monoisotopic (exact) mass is 313 g/mol. The number of aliphatic imine (C=N–C) groups is 1. The van der Waals surface area contributed by atoms with Crippen molar-refractivity contribution < 1.29 is 0 Å². The molecule has 0 aromatic heterocycles. The summed E-state index contributed by atoms with van der Waals surface area (Å²) < 4.78 is 0. The summed E-state index contributed by atoms with van der Waals surface area (Å²) >= 11 is 20.6. The lowest BCUT2D eigenvalue weighted by Crippen LogP contribution is -2.67. The van der Waals surface area contributed by atoms with Crippen LogP contribution in [0.2, 0.25) is 0 Å². The van der Waals surface area contributed by atoms with Gasteiger partial charge in [0.25, 0.3) is 0 Å². The summed E-state index contributed by atoms with van der Waals surface area (Å²) in [7, 11) is 0. The predicted octanol–water partition coefficient (Wildman–Crippen LogP) is 4.19. The number of rotatable bonds is 0. The molecule has 19 heavy (non-hydrogen) atoms. The van der Waals surface area contributed by atoms with Crippen LogP contribution in [-0.2, 0) is 0 Å². The number of alkyl halides is 2. The van der Waals surface area contributed by atoms with Crippen molar-refractivity contribution >= 4 is 40.0 Å². The third kappa shape index (κ3) is 1.06. The molecule has 100 valence electrons. The molecule has 2 fully saturated rings. The molecule has 2 heterocycles. The van der Waals surface area contributed by atoms with Gasteiger partial charge in [-0.1, -0.05) is 47.5 Å². The van der Waals surface area contributed by atoms with Crippen molar-refractivity contribution in [2.75, 3.05) is 0 Å². The van der Waals surface area contributed by atoms with Gasteiger partial charge < -0.3 is 0 Å². The molecule has 8 atom stereocenters. The molecule has 4 heteroatoms. The van der Waals surface area contributed by atoms with Crippen LogP contribution < -0.4 is 0 Å². The molecule has 0 aromatic carbocycles. The molecule has 0 amide bonds. The summed E-state index contributed by atoms with van der Waals surface area (Å²) in [5.74, 6) is 2.38. The first-order valence-electron chi connectivity index (χ1n) is 7.05. The lowest BCUT2D eigenvalue weighted by Gasteiger charge is -2.60. The number of fused-ring (bicyclic) bond motifs is 2. The Bertz CT molecular complexity index is 568. The van der Waals surface area contributed by atoms with E-state index in [1.54, 1.807) is 0 Å². The van der Waals surface area contributed by atoms with Crippen LogP contribution >= 0.6 is 34.8 Å². The minimum atomic E-state index is -0.555. The Labute approximate surface area is 127 Å². The van der Waals surface area contributed by atoms with Crippen molar-refractivity contribution in [3.8, 4) is 0 Å². The molecule has 6 rings (SSSR count). The molecule has 6 aliphatic rings. The van der Waals surface area contributed by atoms with Crippen LogP contribution in [0.5, 0.6) is 0 Å². The van der Waals surface area contributed by atoms with E-state index in [9.17, 15) is 0 Å². The number of allylic oxidation sites excluding steroid dienone is 3. The van der Waals surface area contributed by atoms with Crippen molar-refractivity contribution in [2.24, 2.45) is 40.5 Å². The lowest BCUT2D eigenvalue weighted by atomic mass is 9.55. The van der Waals surface area contributed by atoms with Crippen molar-refractivity contribution in [1.82, 2.24) is 0 Å². The van der Waals surface area contributed by atoms with E-state index in [1.165, 1.54) is 6.42 Å². The first-order valence-corrected chi connectivity index (χ1v) is 8.19. The highest BCUT2D eigenvalue weighted by Gasteiger charge is 2.74. The van der Waals surface area contributed by atoms with Gasteiger partial charge in [-0.3, -0.25) is 4.99 Å². The van der Waals surface area contributed by atoms with Gasteiger partial charge in [-0.15, -0.1) is 11.6 Å². The summed E-state index contributed by atoms with van der Waals surface area (Å²) in [5.41, 5.74) is 0. The van der Waals surface area contributed by atoms with E-state index in [4.69, 9.17) is 34.8 Å². The number of nitrogens with zero attached hydrogens (tertiary/aromatic N) is 1. The first kappa shape index (κ1) is 11.7. The molecular formula is C15H14Cl3N. The Balaban J connectivity index is 1.80. The third-order valence-corrected chi connectivity index (χ3v) is 7.97. The van der Waals surface area contributed by atoms with Crippen LogP contribution in [0.25, 0.3) is 0 Å². The summed E-state index contributed by atoms with van der Waals surface area (Å²) in [6.07, 6.45) is 11.3. The molecule has 4 bridgehead atoms. The van der Waals surface area contributed by atoms with Gasteiger partial charge in [0.1, 0.15) is 15.0 Å². The largest absolute Gasteiger partial charge is 0.252 e. The van der Waals surface area contributed by atoms with Crippen molar-refractivity contribution in [3.05, 3.63) is 24.3 Å². The van der Waals surface area contributed by atoms with Gasteiger partial charge in [-0.05, 0) is 36.5 Å². The molecule has 0 N–H and O–H groups in total. The average Bonchev–Trinajstić information content (AvgIpc) is 3.07. The van der Waals surface area contributed by atoms with Crippen molar-refractivity contribution in [2.45, 2.75) is 22.7 Å². The van der Waals surface area contributed by atoms with Crippen LogP contribution in [0.15, 0.2) is 29.3 Å². The van der Waals surface area contributed by atoms with Gasteiger partial charge in [0.15, 0.2) is 0 Å². The number of hydrogen-bond acceptors (Lipinski definition) is 1. The van der Waals surface area contributed by atoms with Gasteiger partial charge >= 0.3 is 0 Å². The van der Waals surface area contributed by atoms with E-state index in [0.717, 1.165) is 6.42 Å². The zero-order valence-corrected chi connectivity index (χ0v) is 12.5. The van der Waals surface area contributed by atoms with Gasteiger partial charge in [-0.25, -0.2) is 0 Å². The lowest BCUT2D eigenvalue weighted by molar-refractivity contribution is 0.0537. The Morgan fingerprint density at radius 3 is 2.63 bits per heavy atom. The molecular weight excluding hydrogens is 301 g/mol. The second kappa shape index (κ2) is 3.26. The highest BCUT2D eigenvalue weighted by atomic mass is 35.5. The van der Waals surface area contributed by atoms with E-state index in [-0.39, 0.29) is 5.92 Å². The molecule has 0 radical (unpaired) electrons. The van der Waals surface area contributed by atoms with Gasteiger partial charge in [0.05, 0.1) is 0 Å². The maximum absolute atomic E-state index is 7.11. The minimum absolute atomic E-state index is 0.253. The Kier molecular flexibility index (Phi) is 2.00. The van der Waals surface area contributed by atoms with E-state index < -0.39 is 9.87 Å². The van der Waals surface area contributed by atoms with Crippen LogP contribution in [-0.4, -0.2) is 15.0 Å². The van der Waals surface area contributed by atoms with Crippen LogP contribution in [0.3, 0.4) is 0 Å². The second-order valence-electron chi connectivity index (χ2n) is 6.69. The zero-order valence-electron chi connectivity index (χ0n) is 10.3. The standard InChI is InChI=1S/C15H14Cl3N/c16-13-14(17)9-2-1-3-10(9)15(18,19-13)12-8-5-4-7(6-8)11(12)14/h1,3-5,7-12H,2,6H2. The van der Waals surface area contributed by atoms with Crippen LogP contribution in [0.4, 0.5) is 0 Å². The normalized spacial score (nSPS) is 63.4. The zero-order chi connectivity index (χ0) is 13.0. The summed E-state index contributed by atoms with van der Waals surface area (Å²) in [6, 6.07) is 0. The van der Waals surface area contributed by atoms with Crippen molar-refractivity contribution in [1.29, 1.82) is 0 Å². The van der Waals surface area contributed by atoms with Gasteiger partial charge in [0.2, 0.25) is 0 Å². The fourth-order valence-electron chi connectivity index (χ4n) is 5.59. The molecule has 2 saturated carbocycles. The second-order valence-corrected chi connectivity index (χ2v) is 8.28. The maximum Gasteiger partial charge on any atom is 0.145 e. The Morgan fingerprint density at radius 2 is 1.84 bits per heavy atom. The van der Waals surface area contributed by atoms with E-state index in [2.05, 4.69) is 29.3 Å². The summed E-state index contributed by atoms with van der Waals surface area (Å²) in [6.45, 7) is 0. The fourth-order valence-corrected chi connectivity index (χ4v) is 7.22. The third-order valence-electron chi connectivity index (χ3n) is 6.17. The van der Waals surface area contributed by atoms with Crippen LogP contribution in [0.1, 0.15) is 12.8 Å². The molecule has 4 aliphatic carbocycles.